The Morgan fingerprint density at radius 3 is 2.03 bits per heavy atom. The maximum Gasteiger partial charge on any atom is 0.494 e. The van der Waals surface area contributed by atoms with Gasteiger partial charge in [-0.1, -0.05) is 50.6 Å². The second-order valence-corrected chi connectivity index (χ2v) is 11.2. The number of hydrogen-bond donors (Lipinski definition) is 2. The molecule has 3 aromatic rings. The minimum atomic E-state index is -0.442. The maximum absolute atomic E-state index is 12.9. The summed E-state index contributed by atoms with van der Waals surface area (Å²) in [4.78, 5) is 12.9. The Kier molecular flexibility index (Phi) is 6.32. The van der Waals surface area contributed by atoms with Crippen LogP contribution in [0, 0.1) is 6.92 Å². The van der Waals surface area contributed by atoms with Crippen molar-refractivity contribution in [2.45, 2.75) is 72.0 Å². The normalized spacial score (nSPS) is 16.9. The van der Waals surface area contributed by atoms with Gasteiger partial charge in [0.05, 0.1) is 22.6 Å². The molecule has 0 aliphatic carbocycles. The van der Waals surface area contributed by atoms with Gasteiger partial charge in [-0.3, -0.25) is 5.32 Å². The van der Waals surface area contributed by atoms with Crippen molar-refractivity contribution in [2.75, 3.05) is 10.6 Å². The second-order valence-electron chi connectivity index (χ2n) is 11.2. The van der Waals surface area contributed by atoms with Crippen LogP contribution in [0.25, 0.3) is 5.69 Å². The summed E-state index contributed by atoms with van der Waals surface area (Å²) in [5.41, 5.74) is 3.54. The van der Waals surface area contributed by atoms with Crippen molar-refractivity contribution in [2.24, 2.45) is 0 Å². The summed E-state index contributed by atoms with van der Waals surface area (Å²) in [6.07, 6.45) is 0. The lowest BCUT2D eigenvalue weighted by Crippen LogP contribution is -2.41. The average Bonchev–Trinajstić information content (AvgIpc) is 3.27. The van der Waals surface area contributed by atoms with Gasteiger partial charge in [0.1, 0.15) is 5.82 Å². The zero-order valence-electron chi connectivity index (χ0n) is 21.9. The molecule has 2 amide bonds. The van der Waals surface area contributed by atoms with Crippen molar-refractivity contribution < 1.29 is 14.1 Å². The molecule has 1 fully saturated rings. The molecule has 35 heavy (non-hydrogen) atoms. The average molecular weight is 474 g/mol. The van der Waals surface area contributed by atoms with Crippen molar-refractivity contribution in [1.29, 1.82) is 0 Å². The summed E-state index contributed by atoms with van der Waals surface area (Å²) in [6, 6.07) is 17.1. The zero-order valence-corrected chi connectivity index (χ0v) is 21.9. The van der Waals surface area contributed by atoms with Crippen LogP contribution >= 0.6 is 0 Å². The van der Waals surface area contributed by atoms with E-state index < -0.39 is 18.3 Å². The molecular weight excluding hydrogens is 439 g/mol. The predicted octanol–water partition coefficient (Wildman–Crippen LogP) is 5.42. The summed E-state index contributed by atoms with van der Waals surface area (Å²) in [6.45, 7) is 16.4. The topological polar surface area (TPSA) is 77.4 Å². The van der Waals surface area contributed by atoms with E-state index in [1.54, 1.807) is 4.68 Å². The van der Waals surface area contributed by atoms with Crippen LogP contribution in [0.15, 0.2) is 54.6 Å². The highest BCUT2D eigenvalue weighted by Gasteiger charge is 2.51. The van der Waals surface area contributed by atoms with E-state index in [0.717, 1.165) is 22.4 Å². The molecule has 2 heterocycles. The fourth-order valence-electron chi connectivity index (χ4n) is 3.70. The third-order valence-electron chi connectivity index (χ3n) is 6.69. The summed E-state index contributed by atoms with van der Waals surface area (Å²) < 4.78 is 14.0. The van der Waals surface area contributed by atoms with Crippen LogP contribution in [0.5, 0.6) is 0 Å². The van der Waals surface area contributed by atoms with Crippen molar-refractivity contribution in [3.05, 3.63) is 65.9 Å². The summed E-state index contributed by atoms with van der Waals surface area (Å²) in [5.74, 6) is 0.602. The quantitative estimate of drug-likeness (QED) is 0.495. The van der Waals surface area contributed by atoms with Crippen LogP contribution in [-0.4, -0.2) is 34.1 Å². The van der Waals surface area contributed by atoms with Crippen LogP contribution in [-0.2, 0) is 14.7 Å². The van der Waals surface area contributed by atoms with Crippen LogP contribution in [0.2, 0.25) is 0 Å². The van der Waals surface area contributed by atoms with Crippen LogP contribution in [0.4, 0.5) is 16.3 Å². The van der Waals surface area contributed by atoms with Gasteiger partial charge in [-0.05, 0) is 64.3 Å². The molecule has 0 saturated carbocycles. The largest absolute Gasteiger partial charge is 0.494 e. The van der Waals surface area contributed by atoms with Gasteiger partial charge in [-0.25, -0.2) is 9.48 Å². The maximum atomic E-state index is 12.9. The van der Waals surface area contributed by atoms with Crippen LogP contribution in [0.1, 0.15) is 59.7 Å². The Bertz CT molecular complexity index is 1190. The SMILES string of the molecule is Cc1ccc(-n2nc(C(C)(C)C)cc2NC(=O)Nc2ccc(B3OC(C)(C)C(C)(C)O3)cc2)cc1. The fourth-order valence-corrected chi connectivity index (χ4v) is 3.70. The molecule has 0 unspecified atom stereocenters. The first kappa shape index (κ1) is 25.0. The number of aryl methyl sites for hydroxylation is 1. The lowest BCUT2D eigenvalue weighted by molar-refractivity contribution is 0.00578. The van der Waals surface area contributed by atoms with Gasteiger partial charge in [-0.2, -0.15) is 5.10 Å². The van der Waals surface area contributed by atoms with Crippen molar-refractivity contribution in [3.8, 4) is 5.69 Å². The van der Waals surface area contributed by atoms with E-state index in [4.69, 9.17) is 14.4 Å². The lowest BCUT2D eigenvalue weighted by Gasteiger charge is -2.32. The number of nitrogens with zero attached hydrogens (tertiary/aromatic N) is 2. The van der Waals surface area contributed by atoms with Gasteiger partial charge in [0.2, 0.25) is 0 Å². The molecule has 0 atom stereocenters. The van der Waals surface area contributed by atoms with Gasteiger partial charge < -0.3 is 14.6 Å². The number of carbonyl (C=O) groups is 1. The Morgan fingerprint density at radius 1 is 0.914 bits per heavy atom. The Morgan fingerprint density at radius 2 is 1.49 bits per heavy atom. The van der Waals surface area contributed by atoms with Gasteiger partial charge in [0, 0.05) is 17.2 Å². The van der Waals surface area contributed by atoms with Crippen LogP contribution < -0.4 is 16.1 Å². The molecule has 1 aromatic heterocycles. The molecule has 4 rings (SSSR count). The molecule has 0 radical (unpaired) electrons. The molecule has 2 N–H and O–H groups in total. The number of rotatable bonds is 4. The highest BCUT2D eigenvalue weighted by molar-refractivity contribution is 6.62. The first-order chi connectivity index (χ1) is 16.2. The Balaban J connectivity index is 1.49. The summed E-state index contributed by atoms with van der Waals surface area (Å²) >= 11 is 0. The Labute approximate surface area is 208 Å². The molecule has 1 aliphatic heterocycles. The number of anilines is 2. The second kappa shape index (κ2) is 8.84. The van der Waals surface area contributed by atoms with E-state index in [0.29, 0.717) is 11.5 Å². The first-order valence-electron chi connectivity index (χ1n) is 12.0. The van der Waals surface area contributed by atoms with E-state index in [-0.39, 0.29) is 11.4 Å². The molecular formula is C27H35BN4O3. The van der Waals surface area contributed by atoms with E-state index in [1.165, 1.54) is 0 Å². The lowest BCUT2D eigenvalue weighted by atomic mass is 9.79. The number of aromatic nitrogens is 2. The number of benzene rings is 2. The summed E-state index contributed by atoms with van der Waals surface area (Å²) in [7, 11) is -0.442. The van der Waals surface area contributed by atoms with Gasteiger partial charge in [-0.15, -0.1) is 0 Å². The predicted molar refractivity (Wildman–Crippen MR) is 142 cm³/mol. The highest BCUT2D eigenvalue weighted by Crippen LogP contribution is 2.36. The number of hydrogen-bond acceptors (Lipinski definition) is 4. The molecule has 1 aliphatic rings. The van der Waals surface area contributed by atoms with Crippen molar-refractivity contribution >= 4 is 30.1 Å². The third kappa shape index (κ3) is 5.28. The minimum Gasteiger partial charge on any atom is -0.399 e. The number of amides is 2. The Hall–Kier alpha value is -3.10. The zero-order chi connectivity index (χ0) is 25.6. The first-order valence-corrected chi connectivity index (χ1v) is 12.0. The monoisotopic (exact) mass is 474 g/mol. The molecule has 7 nitrogen and oxygen atoms in total. The number of urea groups is 1. The highest BCUT2D eigenvalue weighted by atomic mass is 16.7. The standard InChI is InChI=1S/C27H35BN4O3/c1-18-9-15-21(16-10-18)32-23(17-22(31-32)25(2,3)4)30-24(33)29-20-13-11-19(12-14-20)28-34-26(5,6)27(7,8)35-28/h9-17H,1-8H3,(H2,29,30,33). The van der Waals surface area contributed by atoms with Crippen LogP contribution in [0.3, 0.4) is 0 Å². The molecule has 1 saturated heterocycles. The van der Waals surface area contributed by atoms with Crippen molar-refractivity contribution in [1.82, 2.24) is 9.78 Å². The smallest absolute Gasteiger partial charge is 0.399 e. The molecule has 8 heteroatoms. The summed E-state index contributed by atoms with van der Waals surface area (Å²) in [5, 5.41) is 10.6. The number of carbonyl (C=O) groups excluding carboxylic acids is 1. The van der Waals surface area contributed by atoms with E-state index in [9.17, 15) is 4.79 Å². The fraction of sp³-hybridized carbons (Fsp3) is 0.407. The third-order valence-corrected chi connectivity index (χ3v) is 6.69. The van der Waals surface area contributed by atoms with Gasteiger partial charge in [0.25, 0.3) is 0 Å². The van der Waals surface area contributed by atoms with E-state index in [2.05, 4.69) is 31.4 Å². The van der Waals surface area contributed by atoms with Crippen molar-refractivity contribution in [3.63, 3.8) is 0 Å². The van der Waals surface area contributed by atoms with E-state index >= 15 is 0 Å². The van der Waals surface area contributed by atoms with Gasteiger partial charge in [0.15, 0.2) is 0 Å². The molecule has 2 aromatic carbocycles. The number of nitrogens with one attached hydrogen (secondary N) is 2. The minimum absolute atomic E-state index is 0.161. The molecule has 184 valence electrons. The molecule has 0 bridgehead atoms. The molecule has 0 spiro atoms. The van der Waals surface area contributed by atoms with Gasteiger partial charge >= 0.3 is 13.1 Å². The van der Waals surface area contributed by atoms with E-state index in [1.807, 2.05) is 89.2 Å².